The molecular weight excluding hydrogens is 324 g/mol. The van der Waals surface area contributed by atoms with Crippen LogP contribution in [0.5, 0.6) is 5.75 Å². The molecule has 136 valence electrons. The lowest BCUT2D eigenvalue weighted by Crippen LogP contribution is -2.10. The largest absolute Gasteiger partial charge is 0.497 e. The van der Waals surface area contributed by atoms with Crippen molar-refractivity contribution in [2.45, 2.75) is 26.4 Å². The maximum Gasteiger partial charge on any atom is 0.181 e. The SMILES string of the molecule is COc1ccc(-c2nc(-c3cccc(CN(C)C)c3)nn2C(C)C)cc1. The summed E-state index contributed by atoms with van der Waals surface area (Å²) in [6.45, 7) is 5.13. The number of hydrogen-bond acceptors (Lipinski definition) is 4. The van der Waals surface area contributed by atoms with E-state index in [1.165, 1.54) is 5.56 Å². The Hall–Kier alpha value is -2.66. The summed E-state index contributed by atoms with van der Waals surface area (Å²) >= 11 is 0. The van der Waals surface area contributed by atoms with Crippen LogP contribution in [0.2, 0.25) is 0 Å². The molecule has 3 aromatic rings. The summed E-state index contributed by atoms with van der Waals surface area (Å²) in [5.41, 5.74) is 3.32. The third-order valence-corrected chi connectivity index (χ3v) is 4.15. The lowest BCUT2D eigenvalue weighted by atomic mass is 10.1. The zero-order valence-electron chi connectivity index (χ0n) is 16.1. The molecule has 0 saturated heterocycles. The Morgan fingerprint density at radius 2 is 1.77 bits per heavy atom. The molecule has 0 fully saturated rings. The van der Waals surface area contributed by atoms with Crippen LogP contribution in [-0.4, -0.2) is 40.9 Å². The Balaban J connectivity index is 2.02. The molecule has 1 aromatic heterocycles. The fraction of sp³-hybridized carbons (Fsp3) is 0.333. The summed E-state index contributed by atoms with van der Waals surface area (Å²) in [6, 6.07) is 16.6. The number of hydrogen-bond donors (Lipinski definition) is 0. The van der Waals surface area contributed by atoms with Gasteiger partial charge in [0.1, 0.15) is 5.75 Å². The van der Waals surface area contributed by atoms with Crippen molar-refractivity contribution in [1.29, 1.82) is 0 Å². The summed E-state index contributed by atoms with van der Waals surface area (Å²) in [5.74, 6) is 2.46. The first-order chi connectivity index (χ1) is 12.5. The van der Waals surface area contributed by atoms with Gasteiger partial charge in [0.15, 0.2) is 11.6 Å². The van der Waals surface area contributed by atoms with E-state index in [1.807, 2.05) is 28.9 Å². The van der Waals surface area contributed by atoms with E-state index < -0.39 is 0 Å². The zero-order chi connectivity index (χ0) is 18.7. The predicted octanol–water partition coefficient (Wildman–Crippen LogP) is 4.26. The first-order valence-corrected chi connectivity index (χ1v) is 8.83. The van der Waals surface area contributed by atoms with Gasteiger partial charge in [0.05, 0.1) is 7.11 Å². The van der Waals surface area contributed by atoms with E-state index in [4.69, 9.17) is 14.8 Å². The second kappa shape index (κ2) is 7.70. The highest BCUT2D eigenvalue weighted by Gasteiger charge is 2.16. The zero-order valence-corrected chi connectivity index (χ0v) is 16.1. The molecule has 0 saturated carbocycles. The summed E-state index contributed by atoms with van der Waals surface area (Å²) in [7, 11) is 5.81. The molecule has 0 bridgehead atoms. The molecule has 0 unspecified atom stereocenters. The minimum absolute atomic E-state index is 0.221. The molecule has 2 aromatic carbocycles. The van der Waals surface area contributed by atoms with E-state index in [9.17, 15) is 0 Å². The lowest BCUT2D eigenvalue weighted by molar-refractivity contribution is 0.402. The molecule has 5 nitrogen and oxygen atoms in total. The second-order valence-electron chi connectivity index (χ2n) is 6.96. The number of nitrogens with zero attached hydrogens (tertiary/aromatic N) is 4. The number of benzene rings is 2. The van der Waals surface area contributed by atoms with Crippen molar-refractivity contribution in [2.24, 2.45) is 0 Å². The van der Waals surface area contributed by atoms with E-state index in [0.29, 0.717) is 0 Å². The van der Waals surface area contributed by atoms with E-state index >= 15 is 0 Å². The third kappa shape index (κ3) is 3.94. The van der Waals surface area contributed by atoms with Crippen LogP contribution in [-0.2, 0) is 6.54 Å². The summed E-state index contributed by atoms with van der Waals surface area (Å²) in [6.07, 6.45) is 0. The Morgan fingerprint density at radius 1 is 1.04 bits per heavy atom. The van der Waals surface area contributed by atoms with Crippen LogP contribution < -0.4 is 4.74 Å². The quantitative estimate of drug-likeness (QED) is 0.666. The van der Waals surface area contributed by atoms with Crippen molar-refractivity contribution in [3.05, 3.63) is 54.1 Å². The molecule has 1 heterocycles. The summed E-state index contributed by atoms with van der Waals surface area (Å²) in [5, 5.41) is 4.78. The van der Waals surface area contributed by atoms with Gasteiger partial charge < -0.3 is 9.64 Å². The van der Waals surface area contributed by atoms with Gasteiger partial charge in [-0.2, -0.15) is 5.10 Å². The number of aromatic nitrogens is 3. The van der Waals surface area contributed by atoms with Gasteiger partial charge in [-0.3, -0.25) is 0 Å². The van der Waals surface area contributed by atoms with Crippen LogP contribution in [0.3, 0.4) is 0 Å². The molecule has 26 heavy (non-hydrogen) atoms. The normalized spacial score (nSPS) is 11.3. The minimum Gasteiger partial charge on any atom is -0.497 e. The van der Waals surface area contributed by atoms with Gasteiger partial charge in [-0.15, -0.1) is 0 Å². The molecule has 0 aliphatic heterocycles. The molecule has 0 aliphatic rings. The Labute approximate surface area is 155 Å². The van der Waals surface area contributed by atoms with E-state index in [1.54, 1.807) is 7.11 Å². The van der Waals surface area contributed by atoms with Crippen molar-refractivity contribution in [1.82, 2.24) is 19.7 Å². The van der Waals surface area contributed by atoms with E-state index in [-0.39, 0.29) is 6.04 Å². The Kier molecular flexibility index (Phi) is 5.38. The van der Waals surface area contributed by atoms with E-state index in [0.717, 1.165) is 35.1 Å². The average Bonchev–Trinajstić information content (AvgIpc) is 3.07. The van der Waals surface area contributed by atoms with Gasteiger partial charge in [0.25, 0.3) is 0 Å². The standard InChI is InChI=1S/C21H26N4O/c1-15(2)25-21(17-9-11-19(26-5)12-10-17)22-20(23-25)18-8-6-7-16(13-18)14-24(3)4/h6-13,15H,14H2,1-5H3. The maximum atomic E-state index is 5.26. The molecule has 0 amide bonds. The summed E-state index contributed by atoms with van der Waals surface area (Å²) < 4.78 is 7.24. The minimum atomic E-state index is 0.221. The van der Waals surface area contributed by atoms with Crippen LogP contribution in [0.25, 0.3) is 22.8 Å². The molecule has 0 radical (unpaired) electrons. The molecule has 3 rings (SSSR count). The van der Waals surface area contributed by atoms with Gasteiger partial charge in [-0.05, 0) is 63.8 Å². The Bertz CT molecular complexity index is 866. The highest BCUT2D eigenvalue weighted by Crippen LogP contribution is 2.27. The smallest absolute Gasteiger partial charge is 0.181 e. The van der Waals surface area contributed by atoms with Gasteiger partial charge in [-0.1, -0.05) is 18.2 Å². The first kappa shape index (κ1) is 18.1. The molecular formula is C21H26N4O. The fourth-order valence-corrected chi connectivity index (χ4v) is 2.92. The monoisotopic (exact) mass is 350 g/mol. The Morgan fingerprint density at radius 3 is 2.38 bits per heavy atom. The van der Waals surface area contributed by atoms with Crippen LogP contribution >= 0.6 is 0 Å². The second-order valence-corrected chi connectivity index (χ2v) is 6.96. The van der Waals surface area contributed by atoms with Gasteiger partial charge in [-0.25, -0.2) is 9.67 Å². The van der Waals surface area contributed by atoms with Crippen molar-refractivity contribution in [3.8, 4) is 28.5 Å². The number of methoxy groups -OCH3 is 1. The van der Waals surface area contributed by atoms with Crippen LogP contribution in [0.1, 0.15) is 25.5 Å². The van der Waals surface area contributed by atoms with E-state index in [2.05, 4.69) is 57.1 Å². The molecule has 0 N–H and O–H groups in total. The lowest BCUT2D eigenvalue weighted by Gasteiger charge is -2.10. The number of rotatable bonds is 6. The topological polar surface area (TPSA) is 43.2 Å². The third-order valence-electron chi connectivity index (χ3n) is 4.15. The van der Waals surface area contributed by atoms with Crippen LogP contribution in [0.15, 0.2) is 48.5 Å². The molecule has 0 atom stereocenters. The van der Waals surface area contributed by atoms with Crippen molar-refractivity contribution in [3.63, 3.8) is 0 Å². The van der Waals surface area contributed by atoms with Gasteiger partial charge in [0, 0.05) is 23.7 Å². The van der Waals surface area contributed by atoms with Crippen LogP contribution in [0.4, 0.5) is 0 Å². The van der Waals surface area contributed by atoms with Crippen LogP contribution in [0, 0.1) is 0 Å². The average molecular weight is 350 g/mol. The van der Waals surface area contributed by atoms with Crippen molar-refractivity contribution >= 4 is 0 Å². The molecule has 5 heteroatoms. The van der Waals surface area contributed by atoms with Crippen molar-refractivity contribution in [2.75, 3.05) is 21.2 Å². The highest BCUT2D eigenvalue weighted by molar-refractivity contribution is 5.63. The molecule has 0 spiro atoms. The molecule has 0 aliphatic carbocycles. The summed E-state index contributed by atoms with van der Waals surface area (Å²) in [4.78, 5) is 7.00. The maximum absolute atomic E-state index is 5.26. The fourth-order valence-electron chi connectivity index (χ4n) is 2.92. The van der Waals surface area contributed by atoms with Gasteiger partial charge >= 0.3 is 0 Å². The first-order valence-electron chi connectivity index (χ1n) is 8.83. The highest BCUT2D eigenvalue weighted by atomic mass is 16.5. The predicted molar refractivity (Wildman–Crippen MR) is 105 cm³/mol. The number of ether oxygens (including phenoxy) is 1. The van der Waals surface area contributed by atoms with Crippen molar-refractivity contribution < 1.29 is 4.74 Å². The van der Waals surface area contributed by atoms with Gasteiger partial charge in [0.2, 0.25) is 0 Å².